The monoisotopic (exact) mass is 272 g/mol. The molecule has 2 rings (SSSR count). The summed E-state index contributed by atoms with van der Waals surface area (Å²) in [5, 5.41) is 3.47. The first kappa shape index (κ1) is 14.7. The van der Waals surface area contributed by atoms with E-state index in [9.17, 15) is 4.39 Å². The van der Waals surface area contributed by atoms with Gasteiger partial charge in [-0.2, -0.15) is 0 Å². The highest BCUT2D eigenvalue weighted by atomic mass is 19.1. The van der Waals surface area contributed by atoms with Gasteiger partial charge in [-0.15, -0.1) is 0 Å². The van der Waals surface area contributed by atoms with Crippen molar-refractivity contribution >= 4 is 0 Å². The van der Waals surface area contributed by atoms with Crippen LogP contribution in [0.2, 0.25) is 0 Å². The molecule has 0 aliphatic rings. The lowest BCUT2D eigenvalue weighted by atomic mass is 9.94. The lowest BCUT2D eigenvalue weighted by molar-refractivity contribution is 0.597. The van der Waals surface area contributed by atoms with Crippen molar-refractivity contribution < 1.29 is 4.39 Å². The number of rotatable bonds is 5. The van der Waals surface area contributed by atoms with E-state index in [1.165, 1.54) is 11.6 Å². The molecule has 0 bridgehead atoms. The van der Waals surface area contributed by atoms with Gasteiger partial charge in [0.25, 0.3) is 0 Å². The van der Waals surface area contributed by atoms with E-state index in [0.29, 0.717) is 0 Å². The highest BCUT2D eigenvalue weighted by Gasteiger charge is 2.19. The minimum absolute atomic E-state index is 0.0109. The molecule has 1 N–H and O–H groups in total. The second-order valence-electron chi connectivity index (χ2n) is 4.89. The molecule has 3 heteroatoms. The van der Waals surface area contributed by atoms with Gasteiger partial charge in [-0.3, -0.25) is 4.98 Å². The molecule has 1 aromatic carbocycles. The lowest BCUT2D eigenvalue weighted by Gasteiger charge is -2.22. The molecular formula is C17H21FN2. The van der Waals surface area contributed by atoms with Gasteiger partial charge < -0.3 is 5.32 Å². The van der Waals surface area contributed by atoms with Gasteiger partial charge in [0, 0.05) is 6.20 Å². The van der Waals surface area contributed by atoms with E-state index >= 15 is 0 Å². The van der Waals surface area contributed by atoms with Crippen molar-refractivity contribution in [2.45, 2.75) is 33.2 Å². The number of nitrogens with one attached hydrogen (secondary N) is 1. The van der Waals surface area contributed by atoms with E-state index in [1.807, 2.05) is 25.3 Å². The third-order valence-electron chi connectivity index (χ3n) is 3.53. The Hall–Kier alpha value is -1.74. The van der Waals surface area contributed by atoms with Crippen molar-refractivity contribution in [3.8, 4) is 0 Å². The Morgan fingerprint density at radius 2 is 2.05 bits per heavy atom. The lowest BCUT2D eigenvalue weighted by Crippen LogP contribution is -2.25. The van der Waals surface area contributed by atoms with Crippen LogP contribution in [-0.2, 0) is 6.42 Å². The quantitative estimate of drug-likeness (QED) is 0.895. The molecule has 1 heterocycles. The summed E-state index contributed by atoms with van der Waals surface area (Å²) in [6, 6.07) is 9.02. The van der Waals surface area contributed by atoms with Crippen molar-refractivity contribution in [2.24, 2.45) is 0 Å². The molecule has 0 aliphatic heterocycles. The number of aromatic nitrogens is 1. The van der Waals surface area contributed by atoms with Gasteiger partial charge in [0.2, 0.25) is 0 Å². The molecule has 0 radical (unpaired) electrons. The van der Waals surface area contributed by atoms with Gasteiger partial charge in [-0.05, 0) is 54.8 Å². The predicted molar refractivity (Wildman–Crippen MR) is 80.3 cm³/mol. The van der Waals surface area contributed by atoms with Crippen molar-refractivity contribution in [1.82, 2.24) is 10.3 Å². The van der Waals surface area contributed by atoms with Crippen LogP contribution < -0.4 is 5.32 Å². The van der Waals surface area contributed by atoms with Crippen molar-refractivity contribution in [1.29, 1.82) is 0 Å². The summed E-state index contributed by atoms with van der Waals surface area (Å²) < 4.78 is 13.3. The molecule has 2 aromatic rings. The molecule has 0 saturated heterocycles. The van der Waals surface area contributed by atoms with Crippen LogP contribution in [-0.4, -0.2) is 11.5 Å². The molecule has 0 aliphatic carbocycles. The SMILES string of the molecule is CCNC(c1ccc(F)cc1C)c1ncccc1CC. The first-order chi connectivity index (χ1) is 9.67. The first-order valence-corrected chi connectivity index (χ1v) is 7.10. The fraction of sp³-hybridized carbons (Fsp3) is 0.353. The summed E-state index contributed by atoms with van der Waals surface area (Å²) >= 11 is 0. The fourth-order valence-corrected chi connectivity index (χ4v) is 2.53. The number of hydrogen-bond acceptors (Lipinski definition) is 2. The van der Waals surface area contributed by atoms with E-state index in [4.69, 9.17) is 0 Å². The highest BCUT2D eigenvalue weighted by molar-refractivity contribution is 5.37. The molecule has 2 nitrogen and oxygen atoms in total. The second kappa shape index (κ2) is 6.62. The highest BCUT2D eigenvalue weighted by Crippen LogP contribution is 2.26. The molecule has 0 saturated carbocycles. The van der Waals surface area contributed by atoms with E-state index in [0.717, 1.165) is 29.8 Å². The summed E-state index contributed by atoms with van der Waals surface area (Å²) in [6.45, 7) is 6.97. The Morgan fingerprint density at radius 3 is 2.70 bits per heavy atom. The normalized spacial score (nSPS) is 12.4. The average Bonchev–Trinajstić information content (AvgIpc) is 2.45. The van der Waals surface area contributed by atoms with Gasteiger partial charge in [0.1, 0.15) is 5.82 Å². The summed E-state index contributed by atoms with van der Waals surface area (Å²) in [7, 11) is 0. The summed E-state index contributed by atoms with van der Waals surface area (Å²) in [4.78, 5) is 4.55. The number of benzene rings is 1. The largest absolute Gasteiger partial charge is 0.305 e. The number of halogens is 1. The van der Waals surface area contributed by atoms with Crippen LogP contribution in [0.15, 0.2) is 36.5 Å². The van der Waals surface area contributed by atoms with Gasteiger partial charge >= 0.3 is 0 Å². The second-order valence-corrected chi connectivity index (χ2v) is 4.89. The third kappa shape index (κ3) is 3.05. The molecule has 1 unspecified atom stereocenters. The minimum Gasteiger partial charge on any atom is -0.305 e. The molecule has 0 spiro atoms. The molecule has 20 heavy (non-hydrogen) atoms. The zero-order valence-corrected chi connectivity index (χ0v) is 12.3. The maximum Gasteiger partial charge on any atom is 0.123 e. The number of nitrogens with zero attached hydrogens (tertiary/aromatic N) is 1. The van der Waals surface area contributed by atoms with Gasteiger partial charge in [0.15, 0.2) is 0 Å². The molecule has 0 fully saturated rings. The maximum absolute atomic E-state index is 13.3. The van der Waals surface area contributed by atoms with E-state index < -0.39 is 0 Å². The Morgan fingerprint density at radius 1 is 1.25 bits per heavy atom. The van der Waals surface area contributed by atoms with Crippen molar-refractivity contribution in [3.05, 3.63) is 64.7 Å². The Balaban J connectivity index is 2.50. The Labute approximate surface area is 120 Å². The topological polar surface area (TPSA) is 24.9 Å². The summed E-state index contributed by atoms with van der Waals surface area (Å²) in [5.41, 5.74) is 4.29. The van der Waals surface area contributed by atoms with Crippen LogP contribution in [0.25, 0.3) is 0 Å². The number of pyridine rings is 1. The van der Waals surface area contributed by atoms with Crippen LogP contribution in [0.4, 0.5) is 4.39 Å². The van der Waals surface area contributed by atoms with Crippen LogP contribution in [0.1, 0.15) is 42.3 Å². The standard InChI is InChI=1S/C17H21FN2/c1-4-13-7-6-10-20-16(13)17(19-5-2)15-9-8-14(18)11-12(15)3/h6-11,17,19H,4-5H2,1-3H3. The smallest absolute Gasteiger partial charge is 0.123 e. The van der Waals surface area contributed by atoms with Crippen molar-refractivity contribution in [3.63, 3.8) is 0 Å². The summed E-state index contributed by atoms with van der Waals surface area (Å²) in [5.74, 6) is -0.196. The first-order valence-electron chi connectivity index (χ1n) is 7.10. The molecule has 106 valence electrons. The van der Waals surface area contributed by atoms with Gasteiger partial charge in [-0.25, -0.2) is 4.39 Å². The molecular weight excluding hydrogens is 251 g/mol. The summed E-state index contributed by atoms with van der Waals surface area (Å²) in [6.07, 6.45) is 2.75. The average molecular weight is 272 g/mol. The zero-order chi connectivity index (χ0) is 14.5. The minimum atomic E-state index is -0.196. The van der Waals surface area contributed by atoms with E-state index in [2.05, 4.69) is 30.2 Å². The van der Waals surface area contributed by atoms with E-state index in [-0.39, 0.29) is 11.9 Å². The van der Waals surface area contributed by atoms with E-state index in [1.54, 1.807) is 6.07 Å². The van der Waals surface area contributed by atoms with Crippen LogP contribution in [0.5, 0.6) is 0 Å². The van der Waals surface area contributed by atoms with Crippen LogP contribution >= 0.6 is 0 Å². The third-order valence-corrected chi connectivity index (χ3v) is 3.53. The Kier molecular flexibility index (Phi) is 4.85. The fourth-order valence-electron chi connectivity index (χ4n) is 2.53. The molecule has 1 aromatic heterocycles. The van der Waals surface area contributed by atoms with Gasteiger partial charge in [0.05, 0.1) is 11.7 Å². The number of hydrogen-bond donors (Lipinski definition) is 1. The molecule has 1 atom stereocenters. The van der Waals surface area contributed by atoms with Gasteiger partial charge in [-0.1, -0.05) is 26.0 Å². The predicted octanol–water partition coefficient (Wildman–Crippen LogP) is 3.79. The zero-order valence-electron chi connectivity index (χ0n) is 12.3. The van der Waals surface area contributed by atoms with Crippen LogP contribution in [0.3, 0.4) is 0 Å². The maximum atomic E-state index is 13.3. The van der Waals surface area contributed by atoms with Crippen molar-refractivity contribution in [2.75, 3.05) is 6.54 Å². The van der Waals surface area contributed by atoms with Crippen LogP contribution in [0, 0.1) is 12.7 Å². The molecule has 0 amide bonds. The number of aryl methyl sites for hydroxylation is 2. The Bertz CT molecular complexity index is 581.